The van der Waals surface area contributed by atoms with E-state index < -0.39 is 0 Å². The van der Waals surface area contributed by atoms with E-state index in [1.807, 2.05) is 67.9 Å². The number of pyridine rings is 1. The van der Waals surface area contributed by atoms with Gasteiger partial charge in [-0.1, -0.05) is 30.3 Å². The van der Waals surface area contributed by atoms with E-state index >= 15 is 0 Å². The number of benzene rings is 2. The van der Waals surface area contributed by atoms with Gasteiger partial charge in [0.25, 0.3) is 5.91 Å². The van der Waals surface area contributed by atoms with Crippen molar-refractivity contribution in [1.29, 1.82) is 0 Å². The quantitative estimate of drug-likeness (QED) is 0.529. The molecule has 0 atom stereocenters. The first kappa shape index (κ1) is 19.6. The fourth-order valence-electron chi connectivity index (χ4n) is 3.62. The summed E-state index contributed by atoms with van der Waals surface area (Å²) in [5.41, 5.74) is 5.65. The van der Waals surface area contributed by atoms with Crippen LogP contribution in [0.4, 0.5) is 5.69 Å². The van der Waals surface area contributed by atoms with Crippen LogP contribution in [-0.4, -0.2) is 27.8 Å². The minimum atomic E-state index is -0.180. The molecule has 2 aromatic heterocycles. The zero-order chi connectivity index (χ0) is 21.3. The lowest BCUT2D eigenvalue weighted by Crippen LogP contribution is -2.14. The van der Waals surface area contributed by atoms with Crippen LogP contribution in [-0.2, 0) is 6.54 Å². The molecule has 0 saturated heterocycles. The Balaban J connectivity index is 1.73. The van der Waals surface area contributed by atoms with Gasteiger partial charge in [-0.2, -0.15) is 5.10 Å². The summed E-state index contributed by atoms with van der Waals surface area (Å²) >= 11 is 0. The summed E-state index contributed by atoms with van der Waals surface area (Å²) in [4.78, 5) is 17.9. The Morgan fingerprint density at radius 2 is 1.83 bits per heavy atom. The van der Waals surface area contributed by atoms with E-state index in [9.17, 15) is 4.79 Å². The molecular formula is C24H24N4O2. The minimum absolute atomic E-state index is 0.180. The van der Waals surface area contributed by atoms with Crippen LogP contribution in [0.15, 0.2) is 54.6 Å². The van der Waals surface area contributed by atoms with Crippen LogP contribution < -0.4 is 10.1 Å². The van der Waals surface area contributed by atoms with Crippen LogP contribution in [0.5, 0.6) is 5.75 Å². The van der Waals surface area contributed by atoms with Crippen LogP contribution in [0.3, 0.4) is 0 Å². The highest BCUT2D eigenvalue weighted by Gasteiger charge is 2.19. The van der Waals surface area contributed by atoms with Crippen molar-refractivity contribution in [2.75, 3.05) is 12.4 Å². The second-order valence-corrected chi connectivity index (χ2v) is 7.37. The first-order chi connectivity index (χ1) is 14.5. The second-order valence-electron chi connectivity index (χ2n) is 7.37. The molecule has 0 radical (unpaired) electrons. The van der Waals surface area contributed by atoms with E-state index in [-0.39, 0.29) is 5.91 Å². The topological polar surface area (TPSA) is 69.0 Å². The number of carbonyl (C=O) groups is 1. The third-order valence-corrected chi connectivity index (χ3v) is 5.11. The summed E-state index contributed by atoms with van der Waals surface area (Å²) in [5.74, 6) is 0.576. The van der Waals surface area contributed by atoms with Crippen LogP contribution in [0.2, 0.25) is 0 Å². The maximum absolute atomic E-state index is 13.2. The monoisotopic (exact) mass is 400 g/mol. The van der Waals surface area contributed by atoms with Crippen LogP contribution in [0.1, 0.15) is 32.9 Å². The number of nitrogens with one attached hydrogen (secondary N) is 1. The standard InChI is InChI=1S/C24H24N4O2/c1-15-12-19(30-4)10-11-21(15)26-24(29)20-13-16(2)25-23-22(20)17(3)27-28(23)14-18-8-6-5-7-9-18/h5-13H,14H2,1-4H3,(H,26,29). The number of hydrogen-bond acceptors (Lipinski definition) is 4. The van der Waals surface area contributed by atoms with Crippen molar-refractivity contribution in [2.24, 2.45) is 0 Å². The van der Waals surface area contributed by atoms with Crippen molar-refractivity contribution >= 4 is 22.6 Å². The van der Waals surface area contributed by atoms with Gasteiger partial charge in [0.05, 0.1) is 30.3 Å². The minimum Gasteiger partial charge on any atom is -0.497 e. The molecule has 0 saturated carbocycles. The number of anilines is 1. The lowest BCUT2D eigenvalue weighted by Gasteiger charge is -2.11. The Morgan fingerprint density at radius 3 is 2.53 bits per heavy atom. The van der Waals surface area contributed by atoms with Crippen LogP contribution >= 0.6 is 0 Å². The van der Waals surface area contributed by atoms with E-state index in [4.69, 9.17) is 4.74 Å². The second kappa shape index (κ2) is 7.99. The average molecular weight is 400 g/mol. The summed E-state index contributed by atoms with van der Waals surface area (Å²) < 4.78 is 7.11. The summed E-state index contributed by atoms with van der Waals surface area (Å²) in [6, 6.07) is 17.5. The fourth-order valence-corrected chi connectivity index (χ4v) is 3.62. The molecule has 1 amide bonds. The van der Waals surface area contributed by atoms with Gasteiger partial charge in [-0.05, 0) is 56.2 Å². The molecule has 2 heterocycles. The lowest BCUT2D eigenvalue weighted by atomic mass is 10.1. The van der Waals surface area contributed by atoms with Gasteiger partial charge in [0.2, 0.25) is 0 Å². The zero-order valence-corrected chi connectivity index (χ0v) is 17.6. The lowest BCUT2D eigenvalue weighted by molar-refractivity contribution is 0.102. The highest BCUT2D eigenvalue weighted by molar-refractivity contribution is 6.13. The number of carbonyl (C=O) groups excluding carboxylic acids is 1. The van der Waals surface area contributed by atoms with Crippen molar-refractivity contribution in [2.45, 2.75) is 27.3 Å². The van der Waals surface area contributed by atoms with E-state index in [2.05, 4.69) is 27.5 Å². The van der Waals surface area contributed by atoms with Gasteiger partial charge in [0.1, 0.15) is 5.75 Å². The van der Waals surface area contributed by atoms with Gasteiger partial charge < -0.3 is 10.1 Å². The number of fused-ring (bicyclic) bond motifs is 1. The SMILES string of the molecule is COc1ccc(NC(=O)c2cc(C)nc3c2c(C)nn3Cc2ccccc2)c(C)c1. The molecule has 4 aromatic rings. The van der Waals surface area contributed by atoms with E-state index in [0.717, 1.165) is 39.3 Å². The van der Waals surface area contributed by atoms with Gasteiger partial charge in [-0.15, -0.1) is 0 Å². The Kier molecular flexibility index (Phi) is 5.23. The van der Waals surface area contributed by atoms with E-state index in [1.54, 1.807) is 7.11 Å². The summed E-state index contributed by atoms with van der Waals surface area (Å²) in [7, 11) is 1.62. The van der Waals surface area contributed by atoms with E-state index in [1.165, 1.54) is 0 Å². The molecular weight excluding hydrogens is 376 g/mol. The molecule has 0 spiro atoms. The molecule has 2 aromatic carbocycles. The Morgan fingerprint density at radius 1 is 1.07 bits per heavy atom. The zero-order valence-electron chi connectivity index (χ0n) is 17.6. The first-order valence-electron chi connectivity index (χ1n) is 9.81. The number of ether oxygens (including phenoxy) is 1. The first-order valence-corrected chi connectivity index (χ1v) is 9.81. The van der Waals surface area contributed by atoms with E-state index in [0.29, 0.717) is 17.8 Å². The van der Waals surface area contributed by atoms with Gasteiger partial charge in [0.15, 0.2) is 5.65 Å². The molecule has 0 fully saturated rings. The van der Waals surface area contributed by atoms with Crippen LogP contribution in [0, 0.1) is 20.8 Å². The average Bonchev–Trinajstić information content (AvgIpc) is 3.04. The number of hydrogen-bond donors (Lipinski definition) is 1. The molecule has 1 N–H and O–H groups in total. The molecule has 30 heavy (non-hydrogen) atoms. The third kappa shape index (κ3) is 3.76. The third-order valence-electron chi connectivity index (χ3n) is 5.11. The number of methoxy groups -OCH3 is 1. The Bertz CT molecular complexity index is 1230. The molecule has 0 aliphatic rings. The number of amides is 1. The Labute approximate surface area is 175 Å². The predicted octanol–water partition coefficient (Wildman–Crippen LogP) is 4.67. The van der Waals surface area contributed by atoms with Crippen molar-refractivity contribution in [3.05, 3.63) is 82.7 Å². The number of rotatable bonds is 5. The van der Waals surface area contributed by atoms with Crippen molar-refractivity contribution in [3.8, 4) is 5.75 Å². The molecule has 0 unspecified atom stereocenters. The summed E-state index contributed by atoms with van der Waals surface area (Å²) in [6.07, 6.45) is 0. The van der Waals surface area contributed by atoms with Gasteiger partial charge in [-0.3, -0.25) is 4.79 Å². The maximum Gasteiger partial charge on any atom is 0.256 e. The Hall–Kier alpha value is -3.67. The number of aryl methyl sites for hydroxylation is 3. The van der Waals surface area contributed by atoms with Crippen molar-refractivity contribution < 1.29 is 9.53 Å². The van der Waals surface area contributed by atoms with Gasteiger partial charge >= 0.3 is 0 Å². The predicted molar refractivity (Wildman–Crippen MR) is 118 cm³/mol. The van der Waals surface area contributed by atoms with Crippen molar-refractivity contribution in [1.82, 2.24) is 14.8 Å². The summed E-state index contributed by atoms with van der Waals surface area (Å²) in [5, 5.41) is 8.48. The molecule has 4 rings (SSSR count). The molecule has 6 nitrogen and oxygen atoms in total. The molecule has 0 bridgehead atoms. The van der Waals surface area contributed by atoms with Gasteiger partial charge in [0, 0.05) is 11.4 Å². The molecule has 6 heteroatoms. The van der Waals surface area contributed by atoms with Crippen LogP contribution in [0.25, 0.3) is 11.0 Å². The van der Waals surface area contributed by atoms with Gasteiger partial charge in [-0.25, -0.2) is 9.67 Å². The van der Waals surface area contributed by atoms with Crippen molar-refractivity contribution in [3.63, 3.8) is 0 Å². The molecule has 0 aliphatic heterocycles. The normalized spacial score (nSPS) is 10.9. The number of nitrogens with zero attached hydrogens (tertiary/aromatic N) is 3. The fraction of sp³-hybridized carbons (Fsp3) is 0.208. The highest BCUT2D eigenvalue weighted by atomic mass is 16.5. The largest absolute Gasteiger partial charge is 0.497 e. The number of aromatic nitrogens is 3. The summed E-state index contributed by atoms with van der Waals surface area (Å²) in [6.45, 7) is 6.34. The molecule has 0 aliphatic carbocycles. The molecule has 152 valence electrons. The highest BCUT2D eigenvalue weighted by Crippen LogP contribution is 2.26. The smallest absolute Gasteiger partial charge is 0.256 e. The maximum atomic E-state index is 13.2.